The Labute approximate surface area is 197 Å². The summed E-state index contributed by atoms with van der Waals surface area (Å²) in [6.45, 7) is 7.29. The highest BCUT2D eigenvalue weighted by Crippen LogP contribution is 2.42. The maximum Gasteiger partial charge on any atom is 0.336 e. The minimum absolute atomic E-state index is 0.0675. The molecule has 0 atom stereocenters. The molecular weight excluding hydrogens is 410 g/mol. The third-order valence-corrected chi connectivity index (χ3v) is 6.81. The van der Waals surface area contributed by atoms with Crippen molar-refractivity contribution < 1.29 is 9.90 Å². The van der Waals surface area contributed by atoms with Crippen molar-refractivity contribution in [3.63, 3.8) is 0 Å². The minimum Gasteiger partial charge on any atom is -0.478 e. The number of aliphatic imine (C=N–C) groups is 2. The van der Waals surface area contributed by atoms with Gasteiger partial charge in [0, 0.05) is 19.0 Å². The van der Waals surface area contributed by atoms with E-state index in [1.807, 2.05) is 24.3 Å². The molecule has 33 heavy (non-hydrogen) atoms. The van der Waals surface area contributed by atoms with Gasteiger partial charge in [0.1, 0.15) is 11.4 Å². The van der Waals surface area contributed by atoms with Crippen molar-refractivity contribution in [2.45, 2.75) is 83.8 Å². The molecule has 1 aliphatic heterocycles. The molecule has 1 fully saturated rings. The molecule has 2 aromatic rings. The Kier molecular flexibility index (Phi) is 6.96. The molecule has 0 radical (unpaired) electrons. The van der Waals surface area contributed by atoms with Crippen molar-refractivity contribution in [2.24, 2.45) is 9.98 Å². The molecule has 174 valence electrons. The number of hydrogen-bond acceptors (Lipinski definition) is 3. The first-order valence-electron chi connectivity index (χ1n) is 12.3. The van der Waals surface area contributed by atoms with Crippen molar-refractivity contribution in [3.8, 4) is 11.1 Å². The number of aromatic carboxylic acids is 1. The Morgan fingerprint density at radius 2 is 1.82 bits per heavy atom. The zero-order chi connectivity index (χ0) is 23.4. The molecule has 1 heterocycles. The largest absolute Gasteiger partial charge is 0.478 e. The number of amidine groups is 2. The van der Waals surface area contributed by atoms with E-state index in [4.69, 9.17) is 9.98 Å². The molecule has 1 spiro atoms. The van der Waals surface area contributed by atoms with E-state index in [-0.39, 0.29) is 11.6 Å². The summed E-state index contributed by atoms with van der Waals surface area (Å²) < 4.78 is 0. The van der Waals surface area contributed by atoms with Gasteiger partial charge in [-0.1, -0.05) is 68.7 Å². The molecule has 1 N–H and O–H groups in total. The van der Waals surface area contributed by atoms with E-state index in [0.717, 1.165) is 55.6 Å². The van der Waals surface area contributed by atoms with Crippen molar-refractivity contribution in [1.82, 2.24) is 4.90 Å². The molecule has 2 aromatic carbocycles. The normalized spacial score (nSPS) is 18.5. The second kappa shape index (κ2) is 9.90. The van der Waals surface area contributed by atoms with Gasteiger partial charge in [0.2, 0.25) is 0 Å². The van der Waals surface area contributed by atoms with Crippen LogP contribution in [-0.4, -0.2) is 39.2 Å². The van der Waals surface area contributed by atoms with Gasteiger partial charge in [0.15, 0.2) is 5.84 Å². The van der Waals surface area contributed by atoms with Crippen molar-refractivity contribution >= 4 is 17.6 Å². The third kappa shape index (κ3) is 4.73. The fourth-order valence-corrected chi connectivity index (χ4v) is 5.16. The number of nitrogens with zero attached hydrogens (tertiary/aromatic N) is 3. The average Bonchev–Trinajstić information content (AvgIpc) is 3.40. The molecule has 5 nitrogen and oxygen atoms in total. The number of carbonyl (C=O) groups is 1. The van der Waals surface area contributed by atoms with E-state index in [1.54, 1.807) is 12.1 Å². The maximum absolute atomic E-state index is 11.6. The molecule has 0 aromatic heterocycles. The summed E-state index contributed by atoms with van der Waals surface area (Å²) in [6.07, 6.45) is 7.92. The summed E-state index contributed by atoms with van der Waals surface area (Å²) in [5.41, 5.74) is 3.16. The van der Waals surface area contributed by atoms with Gasteiger partial charge >= 0.3 is 5.97 Å². The monoisotopic (exact) mass is 445 g/mol. The second-order valence-corrected chi connectivity index (χ2v) is 9.55. The quantitative estimate of drug-likeness (QED) is 0.499. The summed E-state index contributed by atoms with van der Waals surface area (Å²) in [4.78, 5) is 24.2. The number of carboxylic acid groups (broad SMARTS) is 1. The van der Waals surface area contributed by atoms with E-state index in [2.05, 4.69) is 37.8 Å². The number of rotatable bonds is 8. The van der Waals surface area contributed by atoms with Gasteiger partial charge in [-0.2, -0.15) is 0 Å². The maximum atomic E-state index is 11.6. The zero-order valence-corrected chi connectivity index (χ0v) is 20.1. The molecule has 0 bridgehead atoms. The van der Waals surface area contributed by atoms with Crippen LogP contribution in [0.15, 0.2) is 58.5 Å². The predicted molar refractivity (Wildman–Crippen MR) is 135 cm³/mol. The van der Waals surface area contributed by atoms with Crippen LogP contribution in [0.25, 0.3) is 11.1 Å². The Morgan fingerprint density at radius 3 is 2.45 bits per heavy atom. The van der Waals surface area contributed by atoms with E-state index in [9.17, 15) is 9.90 Å². The van der Waals surface area contributed by atoms with Gasteiger partial charge in [-0.25, -0.2) is 9.79 Å². The van der Waals surface area contributed by atoms with Gasteiger partial charge in [0.05, 0.1) is 5.56 Å². The van der Waals surface area contributed by atoms with Crippen LogP contribution in [0, 0.1) is 0 Å². The van der Waals surface area contributed by atoms with Crippen LogP contribution in [0.4, 0.5) is 0 Å². The lowest BCUT2D eigenvalue weighted by atomic mass is 9.93. The lowest BCUT2D eigenvalue weighted by Gasteiger charge is -2.37. The van der Waals surface area contributed by atoms with Crippen molar-refractivity contribution in [2.75, 3.05) is 0 Å². The molecule has 0 amide bonds. The van der Waals surface area contributed by atoms with Crippen molar-refractivity contribution in [3.05, 3.63) is 59.7 Å². The number of carboxylic acids is 1. The smallest absolute Gasteiger partial charge is 0.336 e. The first-order valence-corrected chi connectivity index (χ1v) is 12.3. The van der Waals surface area contributed by atoms with Crippen LogP contribution in [0.3, 0.4) is 0 Å². The van der Waals surface area contributed by atoms with Gasteiger partial charge in [-0.15, -0.1) is 0 Å². The lowest BCUT2D eigenvalue weighted by molar-refractivity contribution is 0.0697. The molecular formula is C28H35N3O2. The summed E-state index contributed by atoms with van der Waals surface area (Å²) >= 11 is 0. The highest BCUT2D eigenvalue weighted by molar-refractivity contribution is 6.09. The van der Waals surface area contributed by atoms with Crippen LogP contribution < -0.4 is 0 Å². The number of benzene rings is 2. The average molecular weight is 446 g/mol. The molecule has 5 heteroatoms. The fourth-order valence-electron chi connectivity index (χ4n) is 5.16. The van der Waals surface area contributed by atoms with Crippen molar-refractivity contribution in [1.29, 1.82) is 0 Å². The Morgan fingerprint density at radius 1 is 1.12 bits per heavy atom. The predicted octanol–water partition coefficient (Wildman–Crippen LogP) is 6.58. The Hall–Kier alpha value is -2.95. The molecule has 0 unspecified atom stereocenters. The van der Waals surface area contributed by atoms with E-state index < -0.39 is 5.97 Å². The van der Waals surface area contributed by atoms with E-state index >= 15 is 0 Å². The van der Waals surface area contributed by atoms with Crippen LogP contribution in [0.5, 0.6) is 0 Å². The lowest BCUT2D eigenvalue weighted by Crippen LogP contribution is -2.49. The Bertz CT molecular complexity index is 1050. The topological polar surface area (TPSA) is 65.3 Å². The summed E-state index contributed by atoms with van der Waals surface area (Å²) in [5.74, 6) is 1.32. The van der Waals surface area contributed by atoms with Gasteiger partial charge in [-0.05, 0) is 55.9 Å². The van der Waals surface area contributed by atoms with Crippen LogP contribution in [-0.2, 0) is 6.54 Å². The first-order chi connectivity index (χ1) is 15.9. The summed E-state index contributed by atoms with van der Waals surface area (Å²) in [7, 11) is 0. The van der Waals surface area contributed by atoms with E-state index in [1.165, 1.54) is 24.2 Å². The second-order valence-electron chi connectivity index (χ2n) is 9.55. The SMILES string of the molecule is CCCCC1=NC(=NC(C)C)C2(CCCC2)N1Cc1ccc(-c2ccccc2C(=O)O)cc1. The fraction of sp³-hybridized carbons (Fsp3) is 0.464. The van der Waals surface area contributed by atoms with Crippen LogP contribution >= 0.6 is 0 Å². The number of hydrogen-bond donors (Lipinski definition) is 1. The Balaban J connectivity index is 1.64. The highest BCUT2D eigenvalue weighted by Gasteiger charge is 2.49. The highest BCUT2D eigenvalue weighted by atomic mass is 16.4. The van der Waals surface area contributed by atoms with Crippen LogP contribution in [0.2, 0.25) is 0 Å². The zero-order valence-electron chi connectivity index (χ0n) is 20.1. The third-order valence-electron chi connectivity index (χ3n) is 6.81. The number of unbranched alkanes of at least 4 members (excludes halogenated alkanes) is 1. The molecule has 0 saturated heterocycles. The molecule has 2 aliphatic rings. The standard InChI is InChI=1S/C28H35N3O2/c1-4-5-12-25-30-27(29-20(2)3)28(17-8-9-18-28)31(25)19-21-13-15-22(16-14-21)23-10-6-7-11-24(23)26(32)33/h6-7,10-11,13-16,20H,4-5,8-9,12,17-19H2,1-3H3,(H,32,33). The van der Waals surface area contributed by atoms with Gasteiger partial charge in [0.25, 0.3) is 0 Å². The minimum atomic E-state index is -0.899. The summed E-state index contributed by atoms with van der Waals surface area (Å²) in [5, 5.41) is 9.55. The van der Waals surface area contributed by atoms with Gasteiger partial charge in [-0.3, -0.25) is 4.99 Å². The van der Waals surface area contributed by atoms with Crippen LogP contribution in [0.1, 0.15) is 81.6 Å². The molecule has 4 rings (SSSR count). The van der Waals surface area contributed by atoms with Gasteiger partial charge < -0.3 is 10.0 Å². The first kappa shape index (κ1) is 23.2. The molecule has 1 saturated carbocycles. The summed E-state index contributed by atoms with van der Waals surface area (Å²) in [6, 6.07) is 15.8. The molecule has 1 aliphatic carbocycles. The van der Waals surface area contributed by atoms with E-state index in [0.29, 0.717) is 5.56 Å².